The Hall–Kier alpha value is -5.41. The largest absolute Gasteiger partial charge is 0.489 e. The summed E-state index contributed by atoms with van der Waals surface area (Å²) in [6.07, 6.45) is 5.38. The SMILES string of the molecule is CC1(C)[C@H](NC(=O)c2ccc(NCCCCC3CCN(c4ccc5c(c4)C(=O)N(C4CCC(=O)NC4=O)C5=O)CC3)cc2)C(C)(C)[C@H]1Oc1ccc(C#N)c(Cl)c1. The van der Waals surface area contributed by atoms with Gasteiger partial charge in [-0.2, -0.15) is 5.26 Å². The van der Waals surface area contributed by atoms with Gasteiger partial charge in [0.15, 0.2) is 0 Å². The van der Waals surface area contributed by atoms with Gasteiger partial charge in [0.05, 0.1) is 21.7 Å². The number of halogens is 1. The van der Waals surface area contributed by atoms with Crippen molar-refractivity contribution in [3.05, 3.63) is 87.9 Å². The fourth-order valence-electron chi connectivity index (χ4n) is 9.48. The van der Waals surface area contributed by atoms with E-state index in [0.29, 0.717) is 38.9 Å². The van der Waals surface area contributed by atoms with E-state index in [-0.39, 0.29) is 41.7 Å². The minimum atomic E-state index is -0.970. The van der Waals surface area contributed by atoms with Gasteiger partial charge in [0, 0.05) is 65.9 Å². The molecule has 13 heteroatoms. The average Bonchev–Trinajstić information content (AvgIpc) is 3.44. The van der Waals surface area contributed by atoms with Gasteiger partial charge in [0.2, 0.25) is 11.8 Å². The van der Waals surface area contributed by atoms with Crippen LogP contribution in [0.15, 0.2) is 60.7 Å². The number of piperidine rings is 2. The molecule has 3 N–H and O–H groups in total. The summed E-state index contributed by atoms with van der Waals surface area (Å²) in [7, 11) is 0. The summed E-state index contributed by atoms with van der Waals surface area (Å²) in [6.45, 7) is 10.9. The minimum absolute atomic E-state index is 0.0922. The van der Waals surface area contributed by atoms with E-state index in [1.54, 1.807) is 30.3 Å². The molecular weight excluding hydrogens is 744 g/mol. The van der Waals surface area contributed by atoms with Crippen LogP contribution in [0, 0.1) is 28.1 Å². The molecule has 4 aliphatic rings. The van der Waals surface area contributed by atoms with Crippen molar-refractivity contribution in [1.82, 2.24) is 15.5 Å². The van der Waals surface area contributed by atoms with Crippen LogP contribution in [-0.4, -0.2) is 72.3 Å². The highest BCUT2D eigenvalue weighted by molar-refractivity contribution is 6.31. The molecule has 298 valence electrons. The molecule has 3 heterocycles. The predicted molar refractivity (Wildman–Crippen MR) is 216 cm³/mol. The van der Waals surface area contributed by atoms with E-state index in [0.717, 1.165) is 68.0 Å². The molecule has 1 aliphatic carbocycles. The van der Waals surface area contributed by atoms with Crippen molar-refractivity contribution in [3.63, 3.8) is 0 Å². The van der Waals surface area contributed by atoms with Crippen LogP contribution in [0.1, 0.15) is 109 Å². The van der Waals surface area contributed by atoms with Crippen LogP contribution in [0.2, 0.25) is 5.02 Å². The second-order valence-electron chi connectivity index (χ2n) is 16.9. The Labute approximate surface area is 338 Å². The van der Waals surface area contributed by atoms with E-state index in [9.17, 15) is 29.2 Å². The number of imide groups is 2. The zero-order valence-electron chi connectivity index (χ0n) is 32.8. The number of anilines is 2. The normalized spacial score (nSPS) is 22.6. The van der Waals surface area contributed by atoms with Gasteiger partial charge in [-0.05, 0) is 86.2 Å². The van der Waals surface area contributed by atoms with E-state index in [1.807, 2.05) is 30.3 Å². The Bertz CT molecular complexity index is 2120. The molecule has 12 nitrogen and oxygen atoms in total. The number of hydrogen-bond donors (Lipinski definition) is 3. The molecule has 3 aliphatic heterocycles. The first-order valence-electron chi connectivity index (χ1n) is 19.8. The Morgan fingerprint density at radius 3 is 2.28 bits per heavy atom. The summed E-state index contributed by atoms with van der Waals surface area (Å²) in [4.78, 5) is 66.9. The first-order valence-corrected chi connectivity index (χ1v) is 20.2. The smallest absolute Gasteiger partial charge is 0.262 e. The van der Waals surface area contributed by atoms with E-state index in [2.05, 4.69) is 54.6 Å². The molecule has 7 rings (SSSR count). The summed E-state index contributed by atoms with van der Waals surface area (Å²) in [5.41, 5.74) is 2.76. The topological polar surface area (TPSA) is 161 Å². The molecule has 3 fully saturated rings. The van der Waals surface area contributed by atoms with Crippen LogP contribution in [0.4, 0.5) is 11.4 Å². The fraction of sp³-hybridized carbons (Fsp3) is 0.455. The van der Waals surface area contributed by atoms with Crippen molar-refractivity contribution < 1.29 is 28.7 Å². The summed E-state index contributed by atoms with van der Waals surface area (Å²) < 4.78 is 6.35. The first-order chi connectivity index (χ1) is 27.2. The lowest BCUT2D eigenvalue weighted by atomic mass is 9.49. The van der Waals surface area contributed by atoms with Crippen molar-refractivity contribution in [2.45, 2.75) is 90.8 Å². The third-order valence-electron chi connectivity index (χ3n) is 12.3. The van der Waals surface area contributed by atoms with Crippen LogP contribution >= 0.6 is 11.6 Å². The summed E-state index contributed by atoms with van der Waals surface area (Å²) in [5.74, 6) is -0.896. The van der Waals surface area contributed by atoms with Crippen molar-refractivity contribution in [3.8, 4) is 11.8 Å². The molecule has 0 radical (unpaired) electrons. The first kappa shape index (κ1) is 39.8. The van der Waals surface area contributed by atoms with Crippen LogP contribution in [0.25, 0.3) is 0 Å². The molecule has 0 spiro atoms. The van der Waals surface area contributed by atoms with E-state index in [1.165, 1.54) is 0 Å². The molecule has 1 saturated carbocycles. The lowest BCUT2D eigenvalue weighted by Gasteiger charge is -2.63. The molecule has 5 amide bonds. The number of rotatable bonds is 12. The van der Waals surface area contributed by atoms with Gasteiger partial charge in [-0.1, -0.05) is 52.1 Å². The standard InChI is InChI=1S/C44H49ClN6O6/c1-43(2)41(44(3,4)42(43)57-31-14-10-28(25-46)34(45)24-31)49-37(53)27-8-11-29(12-9-27)47-20-6-5-7-26-18-21-50(22-19-26)30-13-15-32-33(23-30)40(56)51(39(32)55)35-16-17-36(52)48-38(35)54/h8-15,23-24,26,35,41-42,47H,5-7,16-22H2,1-4H3,(H,49,53)(H,48,52,54)/t35?,41-,42-. The van der Waals surface area contributed by atoms with Gasteiger partial charge in [-0.25, -0.2) is 0 Å². The zero-order valence-corrected chi connectivity index (χ0v) is 33.6. The van der Waals surface area contributed by atoms with E-state index >= 15 is 0 Å². The highest BCUT2D eigenvalue weighted by Crippen LogP contribution is 2.55. The Balaban J connectivity index is 0.820. The lowest BCUT2D eigenvalue weighted by Crippen LogP contribution is -2.74. The summed E-state index contributed by atoms with van der Waals surface area (Å²) >= 11 is 6.23. The monoisotopic (exact) mass is 792 g/mol. The second kappa shape index (κ2) is 15.9. The van der Waals surface area contributed by atoms with Crippen molar-refractivity contribution >= 4 is 52.5 Å². The van der Waals surface area contributed by atoms with Gasteiger partial charge in [0.1, 0.15) is 24.0 Å². The molecule has 3 aromatic rings. The fourth-order valence-corrected chi connectivity index (χ4v) is 9.69. The molecule has 0 aromatic heterocycles. The molecular formula is C44H49ClN6O6. The Kier molecular flexibility index (Phi) is 11.1. The number of fused-ring (bicyclic) bond motifs is 1. The third-order valence-corrected chi connectivity index (χ3v) is 12.7. The zero-order chi connectivity index (χ0) is 40.6. The number of benzene rings is 3. The van der Waals surface area contributed by atoms with Gasteiger partial charge in [0.25, 0.3) is 17.7 Å². The number of ether oxygens (including phenoxy) is 1. The van der Waals surface area contributed by atoms with Crippen LogP contribution < -0.4 is 25.6 Å². The number of hydrogen-bond acceptors (Lipinski definition) is 9. The maximum absolute atomic E-state index is 13.3. The molecule has 57 heavy (non-hydrogen) atoms. The Morgan fingerprint density at radius 2 is 1.61 bits per heavy atom. The number of unbranched alkanes of at least 4 members (excludes halogenated alkanes) is 1. The summed E-state index contributed by atoms with van der Waals surface area (Å²) in [5, 5.41) is 18.5. The highest BCUT2D eigenvalue weighted by Gasteiger charge is 2.64. The van der Waals surface area contributed by atoms with Crippen LogP contribution in [0.3, 0.4) is 0 Å². The number of carbonyl (C=O) groups is 5. The van der Waals surface area contributed by atoms with Gasteiger partial charge < -0.3 is 20.3 Å². The molecule has 3 aromatic carbocycles. The number of amides is 5. The van der Waals surface area contributed by atoms with Crippen molar-refractivity contribution in [2.24, 2.45) is 16.7 Å². The highest BCUT2D eigenvalue weighted by atomic mass is 35.5. The number of carbonyl (C=O) groups excluding carboxylic acids is 5. The van der Waals surface area contributed by atoms with Crippen LogP contribution in [-0.2, 0) is 9.59 Å². The minimum Gasteiger partial charge on any atom is -0.489 e. The third kappa shape index (κ3) is 7.82. The second-order valence-corrected chi connectivity index (χ2v) is 17.3. The lowest BCUT2D eigenvalue weighted by molar-refractivity contribution is -0.164. The van der Waals surface area contributed by atoms with Crippen molar-refractivity contribution in [1.29, 1.82) is 5.26 Å². The number of nitriles is 1. The molecule has 1 atom stereocenters. The predicted octanol–water partition coefficient (Wildman–Crippen LogP) is 6.72. The Morgan fingerprint density at radius 1 is 0.912 bits per heavy atom. The maximum Gasteiger partial charge on any atom is 0.262 e. The van der Waals surface area contributed by atoms with Gasteiger partial charge in [-0.3, -0.25) is 34.2 Å². The van der Waals surface area contributed by atoms with E-state index in [4.69, 9.17) is 16.3 Å². The number of nitrogens with zero attached hydrogens (tertiary/aromatic N) is 3. The van der Waals surface area contributed by atoms with Gasteiger partial charge in [-0.15, -0.1) is 0 Å². The molecule has 1 unspecified atom stereocenters. The van der Waals surface area contributed by atoms with Crippen LogP contribution in [0.5, 0.6) is 5.75 Å². The molecule has 2 saturated heterocycles. The maximum atomic E-state index is 13.3. The van der Waals surface area contributed by atoms with E-state index < -0.39 is 29.7 Å². The average molecular weight is 793 g/mol. The van der Waals surface area contributed by atoms with Crippen molar-refractivity contribution in [2.75, 3.05) is 29.9 Å². The quantitative estimate of drug-likeness (QED) is 0.134. The molecule has 0 bridgehead atoms. The number of nitrogens with one attached hydrogen (secondary N) is 3. The van der Waals surface area contributed by atoms with Gasteiger partial charge >= 0.3 is 0 Å². The summed E-state index contributed by atoms with van der Waals surface area (Å²) in [6, 6.07) is 18.9.